The largest absolute Gasteiger partial charge is 0.416 e. The van der Waals surface area contributed by atoms with Crippen molar-refractivity contribution in [1.29, 1.82) is 5.26 Å². The maximum absolute atomic E-state index is 13.1. The number of hydrogen-bond donors (Lipinski definition) is 0. The number of benzene rings is 2. The van der Waals surface area contributed by atoms with Gasteiger partial charge in [0.15, 0.2) is 0 Å². The lowest BCUT2D eigenvalue weighted by molar-refractivity contribution is -0.138. The van der Waals surface area contributed by atoms with E-state index in [1.165, 1.54) is 12.1 Å². The zero-order chi connectivity index (χ0) is 14.6. The molecule has 0 aliphatic carbocycles. The normalized spacial score (nSPS) is 12.7. The maximum atomic E-state index is 13.1. The van der Waals surface area contributed by atoms with Crippen molar-refractivity contribution in [2.45, 2.75) is 18.5 Å². The number of rotatable bonds is 3. The van der Waals surface area contributed by atoms with Crippen LogP contribution in [0, 0.1) is 11.3 Å². The van der Waals surface area contributed by atoms with Crippen molar-refractivity contribution in [3.8, 4) is 6.07 Å². The Morgan fingerprint density at radius 3 is 2.15 bits per heavy atom. The summed E-state index contributed by atoms with van der Waals surface area (Å²) in [5.41, 5.74) is 0.183. The molecule has 0 saturated carbocycles. The van der Waals surface area contributed by atoms with Crippen LogP contribution in [0.5, 0.6) is 0 Å². The average Bonchev–Trinajstić information content (AvgIpc) is 2.45. The molecule has 4 heteroatoms. The Kier molecular flexibility index (Phi) is 4.09. The van der Waals surface area contributed by atoms with Gasteiger partial charge < -0.3 is 0 Å². The molecular formula is C16H12F3N. The third kappa shape index (κ3) is 3.00. The van der Waals surface area contributed by atoms with E-state index in [0.29, 0.717) is 5.56 Å². The highest BCUT2D eigenvalue weighted by molar-refractivity contribution is 5.40. The van der Waals surface area contributed by atoms with Crippen LogP contribution in [-0.2, 0) is 6.18 Å². The quantitative estimate of drug-likeness (QED) is 0.793. The van der Waals surface area contributed by atoms with Gasteiger partial charge in [-0.3, -0.25) is 0 Å². The van der Waals surface area contributed by atoms with Gasteiger partial charge in [-0.2, -0.15) is 18.4 Å². The van der Waals surface area contributed by atoms with E-state index in [4.69, 9.17) is 5.26 Å². The Bertz CT molecular complexity index is 612. The summed E-state index contributed by atoms with van der Waals surface area (Å²) in [6, 6.07) is 16.2. The second-order valence-corrected chi connectivity index (χ2v) is 4.41. The summed E-state index contributed by atoms with van der Waals surface area (Å²) in [6.07, 6.45) is -4.41. The van der Waals surface area contributed by atoms with Gasteiger partial charge in [0.2, 0.25) is 0 Å². The molecule has 0 heterocycles. The topological polar surface area (TPSA) is 23.8 Å². The first kappa shape index (κ1) is 14.1. The molecule has 0 fully saturated rings. The second-order valence-electron chi connectivity index (χ2n) is 4.41. The van der Waals surface area contributed by atoms with Crippen LogP contribution >= 0.6 is 0 Å². The summed E-state index contributed by atoms with van der Waals surface area (Å²) >= 11 is 0. The fourth-order valence-electron chi connectivity index (χ4n) is 2.24. The van der Waals surface area contributed by atoms with Gasteiger partial charge in [0.05, 0.1) is 11.6 Å². The van der Waals surface area contributed by atoms with E-state index < -0.39 is 17.7 Å². The Hall–Kier alpha value is -2.28. The van der Waals surface area contributed by atoms with Crippen LogP contribution in [0.15, 0.2) is 54.6 Å². The summed E-state index contributed by atoms with van der Waals surface area (Å²) in [7, 11) is 0. The number of nitrogens with zero attached hydrogens (tertiary/aromatic N) is 1. The van der Waals surface area contributed by atoms with E-state index in [-0.39, 0.29) is 12.0 Å². The SMILES string of the molecule is N#CCC(c1ccccc1)c1ccccc1C(F)(F)F. The Morgan fingerprint density at radius 1 is 0.950 bits per heavy atom. The van der Waals surface area contributed by atoms with Crippen molar-refractivity contribution in [3.63, 3.8) is 0 Å². The van der Waals surface area contributed by atoms with Crippen LogP contribution < -0.4 is 0 Å². The van der Waals surface area contributed by atoms with E-state index in [9.17, 15) is 13.2 Å². The molecule has 1 nitrogen and oxygen atoms in total. The van der Waals surface area contributed by atoms with Crippen LogP contribution in [0.4, 0.5) is 13.2 Å². The maximum Gasteiger partial charge on any atom is 0.416 e. The molecule has 1 unspecified atom stereocenters. The third-order valence-electron chi connectivity index (χ3n) is 3.14. The molecule has 0 amide bonds. The Morgan fingerprint density at radius 2 is 1.55 bits per heavy atom. The van der Waals surface area contributed by atoms with Crippen molar-refractivity contribution < 1.29 is 13.2 Å². The summed E-state index contributed by atoms with van der Waals surface area (Å²) in [5, 5.41) is 8.92. The minimum absolute atomic E-state index is 0.0110. The lowest BCUT2D eigenvalue weighted by atomic mass is 9.86. The third-order valence-corrected chi connectivity index (χ3v) is 3.14. The highest BCUT2D eigenvalue weighted by Crippen LogP contribution is 2.38. The van der Waals surface area contributed by atoms with E-state index in [0.717, 1.165) is 6.07 Å². The van der Waals surface area contributed by atoms with Crippen LogP contribution in [0.2, 0.25) is 0 Å². The molecule has 2 aromatic carbocycles. The molecule has 0 spiro atoms. The Balaban J connectivity index is 2.54. The molecule has 20 heavy (non-hydrogen) atoms. The highest BCUT2D eigenvalue weighted by atomic mass is 19.4. The molecule has 0 bridgehead atoms. The van der Waals surface area contributed by atoms with E-state index in [2.05, 4.69) is 0 Å². The smallest absolute Gasteiger partial charge is 0.198 e. The fraction of sp³-hybridized carbons (Fsp3) is 0.188. The van der Waals surface area contributed by atoms with Gasteiger partial charge >= 0.3 is 6.18 Å². The first-order valence-electron chi connectivity index (χ1n) is 6.12. The first-order chi connectivity index (χ1) is 9.54. The molecule has 2 aromatic rings. The van der Waals surface area contributed by atoms with Crippen molar-refractivity contribution >= 4 is 0 Å². The fourth-order valence-corrected chi connectivity index (χ4v) is 2.24. The van der Waals surface area contributed by atoms with Crippen molar-refractivity contribution in [3.05, 3.63) is 71.3 Å². The summed E-state index contributed by atoms with van der Waals surface area (Å²) in [4.78, 5) is 0. The number of alkyl halides is 3. The van der Waals surface area contributed by atoms with E-state index >= 15 is 0 Å². The average molecular weight is 275 g/mol. The van der Waals surface area contributed by atoms with Gasteiger partial charge in [-0.25, -0.2) is 0 Å². The van der Waals surface area contributed by atoms with Gasteiger partial charge in [-0.15, -0.1) is 0 Å². The van der Waals surface area contributed by atoms with Crippen LogP contribution in [-0.4, -0.2) is 0 Å². The summed E-state index contributed by atoms with van der Waals surface area (Å²) in [6.45, 7) is 0. The molecule has 0 radical (unpaired) electrons. The first-order valence-corrected chi connectivity index (χ1v) is 6.12. The second kappa shape index (κ2) is 5.79. The zero-order valence-corrected chi connectivity index (χ0v) is 10.6. The van der Waals surface area contributed by atoms with E-state index in [1.807, 2.05) is 6.07 Å². The minimum Gasteiger partial charge on any atom is -0.198 e. The predicted octanol–water partition coefficient (Wildman–Crippen LogP) is 4.75. The van der Waals surface area contributed by atoms with Gasteiger partial charge in [0.25, 0.3) is 0 Å². The van der Waals surface area contributed by atoms with Crippen molar-refractivity contribution in [2.24, 2.45) is 0 Å². The number of hydrogen-bond acceptors (Lipinski definition) is 1. The minimum atomic E-state index is -4.42. The molecule has 0 aliphatic heterocycles. The van der Waals surface area contributed by atoms with Crippen LogP contribution in [0.25, 0.3) is 0 Å². The standard InChI is InChI=1S/C16H12F3N/c17-16(18,19)15-9-5-4-8-14(15)13(10-11-20)12-6-2-1-3-7-12/h1-9,13H,10H2. The highest BCUT2D eigenvalue weighted by Gasteiger charge is 2.35. The van der Waals surface area contributed by atoms with Crippen LogP contribution in [0.3, 0.4) is 0 Å². The van der Waals surface area contributed by atoms with Gasteiger partial charge in [0, 0.05) is 12.3 Å². The van der Waals surface area contributed by atoms with E-state index in [1.54, 1.807) is 36.4 Å². The van der Waals surface area contributed by atoms with Crippen molar-refractivity contribution in [2.75, 3.05) is 0 Å². The molecule has 2 rings (SSSR count). The molecular weight excluding hydrogens is 263 g/mol. The molecule has 1 atom stereocenters. The van der Waals surface area contributed by atoms with Crippen LogP contribution in [0.1, 0.15) is 29.0 Å². The Labute approximate surface area is 115 Å². The summed E-state index contributed by atoms with van der Waals surface area (Å²) < 4.78 is 39.2. The lowest BCUT2D eigenvalue weighted by Gasteiger charge is -2.20. The monoisotopic (exact) mass is 275 g/mol. The molecule has 0 aromatic heterocycles. The molecule has 0 saturated heterocycles. The molecule has 102 valence electrons. The zero-order valence-electron chi connectivity index (χ0n) is 10.6. The predicted molar refractivity (Wildman–Crippen MR) is 70.0 cm³/mol. The molecule has 0 N–H and O–H groups in total. The van der Waals surface area contributed by atoms with Gasteiger partial charge in [-0.05, 0) is 17.2 Å². The van der Waals surface area contributed by atoms with Gasteiger partial charge in [0.1, 0.15) is 0 Å². The number of nitriles is 1. The molecule has 0 aliphatic rings. The summed E-state index contributed by atoms with van der Waals surface area (Å²) in [5.74, 6) is -0.570. The lowest BCUT2D eigenvalue weighted by Crippen LogP contribution is -2.12. The van der Waals surface area contributed by atoms with Crippen molar-refractivity contribution in [1.82, 2.24) is 0 Å². The van der Waals surface area contributed by atoms with Gasteiger partial charge in [-0.1, -0.05) is 48.5 Å². The number of halogens is 3.